The first-order valence-electron chi connectivity index (χ1n) is 4.76. The molecule has 0 spiro atoms. The number of aromatic nitrogens is 1. The normalized spacial score (nSPS) is 10.6. The van der Waals surface area contributed by atoms with E-state index < -0.39 is 18.8 Å². The van der Waals surface area contributed by atoms with Crippen LogP contribution in [0.15, 0.2) is 6.07 Å². The average molecular weight is 246 g/mol. The molecule has 17 heavy (non-hydrogen) atoms. The van der Waals surface area contributed by atoms with Crippen LogP contribution in [0.1, 0.15) is 23.2 Å². The first-order valence-corrected chi connectivity index (χ1v) is 4.76. The van der Waals surface area contributed by atoms with Crippen LogP contribution >= 0.6 is 0 Å². The van der Waals surface area contributed by atoms with E-state index in [1.165, 1.54) is 7.11 Å². The Kier molecular flexibility index (Phi) is 4.33. The van der Waals surface area contributed by atoms with Gasteiger partial charge in [0.05, 0.1) is 19.2 Å². The molecule has 7 heteroatoms. The second-order valence-electron chi connectivity index (χ2n) is 3.27. The van der Waals surface area contributed by atoms with Gasteiger partial charge in [0.15, 0.2) is 0 Å². The molecular weight excluding hydrogens is 234 g/mol. The van der Waals surface area contributed by atoms with Gasteiger partial charge in [0, 0.05) is 17.7 Å². The number of hydrogen-bond donors (Lipinski definition) is 2. The molecule has 3 N–H and O–H groups in total. The number of ether oxygens (including phenoxy) is 1. The van der Waals surface area contributed by atoms with E-state index in [9.17, 15) is 13.6 Å². The van der Waals surface area contributed by atoms with E-state index in [0.717, 1.165) is 6.07 Å². The van der Waals surface area contributed by atoms with E-state index in [1.807, 2.05) is 0 Å². The van der Waals surface area contributed by atoms with Gasteiger partial charge in [-0.15, -0.1) is 0 Å². The number of carboxylic acid groups (broad SMARTS) is 1. The Labute approximate surface area is 96.2 Å². The van der Waals surface area contributed by atoms with Crippen molar-refractivity contribution in [2.45, 2.75) is 19.4 Å². The van der Waals surface area contributed by atoms with Crippen LogP contribution < -0.4 is 10.5 Å². The summed E-state index contributed by atoms with van der Waals surface area (Å²) in [5.74, 6) is -1.14. The molecule has 5 nitrogen and oxygen atoms in total. The summed E-state index contributed by atoms with van der Waals surface area (Å²) in [6, 6.07) is 1.08. The Bertz CT molecular complexity index is 424. The third-order valence-electron chi connectivity index (χ3n) is 2.14. The summed E-state index contributed by atoms with van der Waals surface area (Å²) in [6.45, 7) is -0.163. The second-order valence-corrected chi connectivity index (χ2v) is 3.27. The number of alkyl halides is 2. The van der Waals surface area contributed by atoms with Crippen LogP contribution in [0, 0.1) is 0 Å². The fourth-order valence-electron chi connectivity index (χ4n) is 1.41. The summed E-state index contributed by atoms with van der Waals surface area (Å²) in [4.78, 5) is 14.4. The highest BCUT2D eigenvalue weighted by molar-refractivity contribution is 5.71. The number of carbonyl (C=O) groups is 1. The number of nitrogens with two attached hydrogens (primary N) is 1. The summed E-state index contributed by atoms with van der Waals surface area (Å²) < 4.78 is 30.2. The van der Waals surface area contributed by atoms with Gasteiger partial charge in [-0.25, -0.2) is 13.8 Å². The summed E-state index contributed by atoms with van der Waals surface area (Å²) in [5.41, 5.74) is 5.05. The van der Waals surface area contributed by atoms with Gasteiger partial charge in [-0.1, -0.05) is 0 Å². The quantitative estimate of drug-likeness (QED) is 0.812. The molecule has 0 saturated heterocycles. The van der Waals surface area contributed by atoms with Gasteiger partial charge in [0.25, 0.3) is 6.43 Å². The van der Waals surface area contributed by atoms with E-state index in [0.29, 0.717) is 0 Å². The predicted octanol–water partition coefficient (Wildman–Crippen LogP) is 1.11. The lowest BCUT2D eigenvalue weighted by molar-refractivity contribution is -0.136. The van der Waals surface area contributed by atoms with E-state index in [4.69, 9.17) is 15.6 Å². The standard InChI is InChI=1S/C10H12F2N2O3/c1-17-10-5(3-8(15)16)2-6(9(11)12)7(4-13)14-10/h2,9H,3-4,13H2,1H3,(H,15,16). The van der Waals surface area contributed by atoms with Crippen molar-refractivity contribution in [3.8, 4) is 5.88 Å². The maximum Gasteiger partial charge on any atom is 0.308 e. The van der Waals surface area contributed by atoms with Gasteiger partial charge in [0.2, 0.25) is 5.88 Å². The van der Waals surface area contributed by atoms with Crippen LogP contribution in [0.2, 0.25) is 0 Å². The molecule has 0 radical (unpaired) electrons. The van der Waals surface area contributed by atoms with Gasteiger partial charge in [0.1, 0.15) is 0 Å². The van der Waals surface area contributed by atoms with Crippen LogP contribution in [-0.2, 0) is 17.8 Å². The van der Waals surface area contributed by atoms with Gasteiger partial charge in [-0.3, -0.25) is 4.79 Å². The first kappa shape index (κ1) is 13.3. The van der Waals surface area contributed by atoms with Crippen molar-refractivity contribution in [1.29, 1.82) is 0 Å². The zero-order valence-corrected chi connectivity index (χ0v) is 9.11. The van der Waals surface area contributed by atoms with E-state index in [1.54, 1.807) is 0 Å². The number of rotatable bonds is 5. The minimum atomic E-state index is -2.75. The van der Waals surface area contributed by atoms with E-state index >= 15 is 0 Å². The Morgan fingerprint density at radius 2 is 2.29 bits per heavy atom. The molecule has 0 aliphatic rings. The van der Waals surface area contributed by atoms with Crippen LogP contribution in [0.3, 0.4) is 0 Å². The number of halogens is 2. The Hall–Kier alpha value is -1.76. The molecule has 0 saturated carbocycles. The van der Waals surface area contributed by atoms with Crippen molar-refractivity contribution in [2.24, 2.45) is 5.73 Å². The average Bonchev–Trinajstić information content (AvgIpc) is 2.27. The van der Waals surface area contributed by atoms with E-state index in [2.05, 4.69) is 4.98 Å². The van der Waals surface area contributed by atoms with Crippen molar-refractivity contribution in [1.82, 2.24) is 4.98 Å². The smallest absolute Gasteiger partial charge is 0.308 e. The minimum Gasteiger partial charge on any atom is -0.481 e. The van der Waals surface area contributed by atoms with E-state index in [-0.39, 0.29) is 29.2 Å². The highest BCUT2D eigenvalue weighted by atomic mass is 19.3. The van der Waals surface area contributed by atoms with Crippen molar-refractivity contribution < 1.29 is 23.4 Å². The van der Waals surface area contributed by atoms with Crippen LogP contribution in [0.4, 0.5) is 8.78 Å². The largest absolute Gasteiger partial charge is 0.481 e. The SMILES string of the molecule is COc1nc(CN)c(C(F)F)cc1CC(=O)O. The highest BCUT2D eigenvalue weighted by Gasteiger charge is 2.19. The molecule has 0 fully saturated rings. The lowest BCUT2D eigenvalue weighted by Crippen LogP contribution is -2.10. The van der Waals surface area contributed by atoms with Gasteiger partial charge < -0.3 is 15.6 Å². The molecule has 0 atom stereocenters. The number of carboxylic acids is 1. The Balaban J connectivity index is 3.28. The number of hydrogen-bond acceptors (Lipinski definition) is 4. The number of nitrogens with zero attached hydrogens (tertiary/aromatic N) is 1. The van der Waals surface area contributed by atoms with Crippen molar-refractivity contribution in [3.63, 3.8) is 0 Å². The Morgan fingerprint density at radius 3 is 2.71 bits per heavy atom. The molecule has 1 aromatic heterocycles. The summed E-state index contributed by atoms with van der Waals surface area (Å²) in [5, 5.41) is 8.65. The fourth-order valence-corrected chi connectivity index (χ4v) is 1.41. The summed E-state index contributed by atoms with van der Waals surface area (Å²) in [6.07, 6.45) is -3.18. The lowest BCUT2D eigenvalue weighted by Gasteiger charge is -2.12. The molecule has 94 valence electrons. The summed E-state index contributed by atoms with van der Waals surface area (Å²) in [7, 11) is 1.29. The number of methoxy groups -OCH3 is 1. The molecule has 1 aromatic rings. The van der Waals surface area contributed by atoms with Gasteiger partial charge >= 0.3 is 5.97 Å². The molecular formula is C10H12F2N2O3. The van der Waals surface area contributed by atoms with Crippen LogP contribution in [-0.4, -0.2) is 23.2 Å². The lowest BCUT2D eigenvalue weighted by atomic mass is 10.1. The maximum atomic E-state index is 12.7. The minimum absolute atomic E-state index is 0.00555. The molecule has 0 amide bonds. The molecule has 0 aliphatic carbocycles. The van der Waals surface area contributed by atoms with Gasteiger partial charge in [-0.05, 0) is 6.07 Å². The van der Waals surface area contributed by atoms with Crippen molar-refractivity contribution in [3.05, 3.63) is 22.9 Å². The number of pyridine rings is 1. The molecule has 0 aromatic carbocycles. The zero-order valence-electron chi connectivity index (χ0n) is 9.11. The monoisotopic (exact) mass is 246 g/mol. The topological polar surface area (TPSA) is 85.4 Å². The molecule has 0 aliphatic heterocycles. The fraction of sp³-hybridized carbons (Fsp3) is 0.400. The van der Waals surface area contributed by atoms with Crippen molar-refractivity contribution >= 4 is 5.97 Å². The maximum absolute atomic E-state index is 12.7. The first-order chi connectivity index (χ1) is 7.99. The molecule has 0 unspecified atom stereocenters. The molecule has 1 rings (SSSR count). The zero-order chi connectivity index (χ0) is 13.0. The van der Waals surface area contributed by atoms with Gasteiger partial charge in [-0.2, -0.15) is 0 Å². The highest BCUT2D eigenvalue weighted by Crippen LogP contribution is 2.27. The predicted molar refractivity (Wildman–Crippen MR) is 55.0 cm³/mol. The summed E-state index contributed by atoms with van der Waals surface area (Å²) >= 11 is 0. The molecule has 0 bridgehead atoms. The molecule has 1 heterocycles. The third kappa shape index (κ3) is 3.10. The van der Waals surface area contributed by atoms with Crippen LogP contribution in [0.25, 0.3) is 0 Å². The van der Waals surface area contributed by atoms with Crippen molar-refractivity contribution in [2.75, 3.05) is 7.11 Å². The number of aliphatic carboxylic acids is 1. The van der Waals surface area contributed by atoms with Crippen LogP contribution in [0.5, 0.6) is 5.88 Å². The Morgan fingerprint density at radius 1 is 1.65 bits per heavy atom. The third-order valence-corrected chi connectivity index (χ3v) is 2.14. The second kappa shape index (κ2) is 5.53.